The van der Waals surface area contributed by atoms with Gasteiger partial charge in [0.25, 0.3) is 0 Å². The van der Waals surface area contributed by atoms with Gasteiger partial charge in [-0.25, -0.2) is 8.42 Å². The minimum Gasteiger partial charge on any atom is -0.326 e. The first-order chi connectivity index (χ1) is 9.82. The summed E-state index contributed by atoms with van der Waals surface area (Å²) in [7, 11) is 0.549. The maximum Gasteiger partial charge on any atom is 0.243 e. The highest BCUT2D eigenvalue weighted by molar-refractivity contribution is 7.89. The zero-order valence-electron chi connectivity index (χ0n) is 13.5. The van der Waals surface area contributed by atoms with Crippen LogP contribution in [0.15, 0.2) is 23.1 Å². The zero-order valence-corrected chi connectivity index (χ0v) is 14.3. The molecule has 0 spiro atoms. The Labute approximate surface area is 128 Å². The van der Waals surface area contributed by atoms with E-state index >= 15 is 0 Å². The number of rotatable bonds is 8. The fraction of sp³-hybridized carbons (Fsp3) is 0.600. The summed E-state index contributed by atoms with van der Waals surface area (Å²) in [6.07, 6.45) is 0.819. The molecule has 0 saturated heterocycles. The Morgan fingerprint density at radius 3 is 2.33 bits per heavy atom. The Balaban J connectivity index is 2.93. The van der Waals surface area contributed by atoms with Gasteiger partial charge in [0.15, 0.2) is 0 Å². The molecule has 0 aliphatic carbocycles. The quantitative estimate of drug-likeness (QED) is 0.788. The molecule has 6 heteroatoms. The van der Waals surface area contributed by atoms with Crippen LogP contribution in [0.3, 0.4) is 0 Å². The van der Waals surface area contributed by atoms with Gasteiger partial charge in [-0.15, -0.1) is 0 Å². The molecule has 0 radical (unpaired) electrons. The molecule has 120 valence electrons. The van der Waals surface area contributed by atoms with Crippen LogP contribution in [0.5, 0.6) is 0 Å². The Morgan fingerprint density at radius 1 is 1.19 bits per heavy atom. The van der Waals surface area contributed by atoms with Gasteiger partial charge in [0, 0.05) is 19.6 Å². The van der Waals surface area contributed by atoms with Gasteiger partial charge in [-0.2, -0.15) is 4.31 Å². The first kappa shape index (κ1) is 18.1. The van der Waals surface area contributed by atoms with Crippen LogP contribution in [-0.2, 0) is 16.6 Å². The number of hydrogen-bond acceptors (Lipinski definition) is 4. The minimum absolute atomic E-state index is 0.351. The van der Waals surface area contributed by atoms with E-state index in [0.717, 1.165) is 24.1 Å². The standard InChI is InChI=1S/C15H27N3O2S/c1-5-18(10-6-9-17(3)4)21(19,20)15-8-7-14(12-16)13(2)11-15/h7-8,11H,5-6,9-10,12,16H2,1-4H3. The summed E-state index contributed by atoms with van der Waals surface area (Å²) in [6.45, 7) is 6.07. The normalized spacial score (nSPS) is 12.3. The van der Waals surface area contributed by atoms with Crippen LogP contribution in [0.1, 0.15) is 24.5 Å². The summed E-state index contributed by atoms with van der Waals surface area (Å²) in [5.41, 5.74) is 7.52. The lowest BCUT2D eigenvalue weighted by atomic mass is 10.1. The fourth-order valence-corrected chi connectivity index (χ4v) is 3.79. The second-order valence-electron chi connectivity index (χ2n) is 5.45. The molecule has 0 unspecified atom stereocenters. The van der Waals surface area contributed by atoms with Crippen molar-refractivity contribution in [3.63, 3.8) is 0 Å². The Morgan fingerprint density at radius 2 is 1.86 bits per heavy atom. The monoisotopic (exact) mass is 313 g/mol. The molecule has 0 saturated carbocycles. The second kappa shape index (κ2) is 7.89. The molecule has 5 nitrogen and oxygen atoms in total. The number of hydrogen-bond donors (Lipinski definition) is 1. The molecule has 21 heavy (non-hydrogen) atoms. The third kappa shape index (κ3) is 4.78. The second-order valence-corrected chi connectivity index (χ2v) is 7.38. The molecule has 1 rings (SSSR count). The topological polar surface area (TPSA) is 66.6 Å². The van der Waals surface area contributed by atoms with Crippen molar-refractivity contribution in [3.8, 4) is 0 Å². The van der Waals surface area contributed by atoms with Gasteiger partial charge >= 0.3 is 0 Å². The predicted molar refractivity (Wildman–Crippen MR) is 86.7 cm³/mol. The third-order valence-electron chi connectivity index (χ3n) is 3.54. The van der Waals surface area contributed by atoms with Gasteiger partial charge < -0.3 is 10.6 Å². The average molecular weight is 313 g/mol. The summed E-state index contributed by atoms with van der Waals surface area (Å²) < 4.78 is 26.9. The van der Waals surface area contributed by atoms with Gasteiger partial charge in [0.1, 0.15) is 0 Å². The highest BCUT2D eigenvalue weighted by Gasteiger charge is 2.23. The Bertz CT molecular complexity index is 556. The predicted octanol–water partition coefficient (Wildman–Crippen LogP) is 1.42. The first-order valence-electron chi connectivity index (χ1n) is 7.27. The van der Waals surface area contributed by atoms with E-state index in [4.69, 9.17) is 5.73 Å². The van der Waals surface area contributed by atoms with E-state index in [1.807, 2.05) is 27.9 Å². The van der Waals surface area contributed by atoms with Crippen LogP contribution in [0.2, 0.25) is 0 Å². The van der Waals surface area contributed by atoms with E-state index < -0.39 is 10.0 Å². The van der Waals surface area contributed by atoms with Gasteiger partial charge in [-0.1, -0.05) is 13.0 Å². The molecule has 0 fully saturated rings. The molecule has 0 aliphatic rings. The molecular formula is C15H27N3O2S. The highest BCUT2D eigenvalue weighted by Crippen LogP contribution is 2.19. The maximum atomic E-state index is 12.7. The number of nitrogens with two attached hydrogens (primary N) is 1. The van der Waals surface area contributed by atoms with Crippen molar-refractivity contribution >= 4 is 10.0 Å². The van der Waals surface area contributed by atoms with Crippen LogP contribution in [0, 0.1) is 6.92 Å². The van der Waals surface area contributed by atoms with Crippen molar-refractivity contribution in [2.75, 3.05) is 33.7 Å². The van der Waals surface area contributed by atoms with Gasteiger partial charge in [-0.3, -0.25) is 0 Å². The largest absolute Gasteiger partial charge is 0.326 e. The molecule has 2 N–H and O–H groups in total. The summed E-state index contributed by atoms with van der Waals surface area (Å²) in [5.74, 6) is 0. The molecule has 0 heterocycles. The zero-order chi connectivity index (χ0) is 16.0. The lowest BCUT2D eigenvalue weighted by Gasteiger charge is -2.22. The molecule has 0 aromatic heterocycles. The Hall–Kier alpha value is -0.950. The van der Waals surface area contributed by atoms with Gasteiger partial charge in [0.2, 0.25) is 10.0 Å². The van der Waals surface area contributed by atoms with Crippen LogP contribution < -0.4 is 5.73 Å². The summed E-state index contributed by atoms with van der Waals surface area (Å²) >= 11 is 0. The third-order valence-corrected chi connectivity index (χ3v) is 5.51. The number of benzene rings is 1. The van der Waals surface area contributed by atoms with Crippen molar-refractivity contribution in [2.24, 2.45) is 5.73 Å². The number of nitrogens with zero attached hydrogens (tertiary/aromatic N) is 2. The first-order valence-corrected chi connectivity index (χ1v) is 8.71. The van der Waals surface area contributed by atoms with Crippen LogP contribution in [0.4, 0.5) is 0 Å². The van der Waals surface area contributed by atoms with Crippen molar-refractivity contribution in [3.05, 3.63) is 29.3 Å². The van der Waals surface area contributed by atoms with E-state index in [-0.39, 0.29) is 0 Å². The smallest absolute Gasteiger partial charge is 0.243 e. The minimum atomic E-state index is -3.42. The highest BCUT2D eigenvalue weighted by atomic mass is 32.2. The van der Waals surface area contributed by atoms with E-state index in [9.17, 15) is 8.42 Å². The summed E-state index contributed by atoms with van der Waals surface area (Å²) in [5, 5.41) is 0. The lowest BCUT2D eigenvalue weighted by Crippen LogP contribution is -2.33. The van der Waals surface area contributed by atoms with Crippen LogP contribution in [0.25, 0.3) is 0 Å². The fourth-order valence-electron chi connectivity index (χ4n) is 2.22. The molecule has 1 aromatic carbocycles. The lowest BCUT2D eigenvalue weighted by molar-refractivity contribution is 0.356. The van der Waals surface area contributed by atoms with Crippen molar-refractivity contribution in [1.82, 2.24) is 9.21 Å². The van der Waals surface area contributed by atoms with Crippen molar-refractivity contribution in [1.29, 1.82) is 0 Å². The summed E-state index contributed by atoms with van der Waals surface area (Å²) in [6, 6.07) is 5.17. The van der Waals surface area contributed by atoms with E-state index in [0.29, 0.717) is 24.5 Å². The van der Waals surface area contributed by atoms with Crippen LogP contribution in [-0.4, -0.2) is 51.4 Å². The Kier molecular flexibility index (Phi) is 6.80. The maximum absolute atomic E-state index is 12.7. The molecule has 0 amide bonds. The molecule has 1 aromatic rings. The molecular weight excluding hydrogens is 286 g/mol. The molecule has 0 aliphatic heterocycles. The molecule has 0 bridgehead atoms. The van der Waals surface area contributed by atoms with Gasteiger partial charge in [-0.05, 0) is 57.2 Å². The molecule has 0 atom stereocenters. The van der Waals surface area contributed by atoms with Crippen molar-refractivity contribution in [2.45, 2.75) is 31.7 Å². The number of aryl methyl sites for hydroxylation is 1. The van der Waals surface area contributed by atoms with Gasteiger partial charge in [0.05, 0.1) is 4.90 Å². The average Bonchev–Trinajstić information content (AvgIpc) is 2.42. The SMILES string of the molecule is CCN(CCCN(C)C)S(=O)(=O)c1ccc(CN)c(C)c1. The van der Waals surface area contributed by atoms with E-state index in [1.165, 1.54) is 4.31 Å². The van der Waals surface area contributed by atoms with Crippen molar-refractivity contribution < 1.29 is 8.42 Å². The van der Waals surface area contributed by atoms with Crippen LogP contribution >= 0.6 is 0 Å². The van der Waals surface area contributed by atoms with E-state index in [2.05, 4.69) is 4.90 Å². The number of sulfonamides is 1. The summed E-state index contributed by atoms with van der Waals surface area (Å²) in [4.78, 5) is 2.41. The van der Waals surface area contributed by atoms with E-state index in [1.54, 1.807) is 18.2 Å².